The standard InChI is InChI=1S/C13H10F3NO/c1-7-3-9(6-18)8(2)17(7)12-5-10(14)4-11(15)13(12)16/h3-6H,1-2H3. The summed E-state index contributed by atoms with van der Waals surface area (Å²) >= 11 is 0. The quantitative estimate of drug-likeness (QED) is 0.594. The summed E-state index contributed by atoms with van der Waals surface area (Å²) in [6.07, 6.45) is 0.617. The van der Waals surface area contributed by atoms with E-state index in [2.05, 4.69) is 0 Å². The van der Waals surface area contributed by atoms with Crippen molar-refractivity contribution < 1.29 is 18.0 Å². The fraction of sp³-hybridized carbons (Fsp3) is 0.154. The SMILES string of the molecule is Cc1cc(C=O)c(C)n1-c1cc(F)cc(F)c1F. The summed E-state index contributed by atoms with van der Waals surface area (Å²) in [5.74, 6) is -3.27. The largest absolute Gasteiger partial charge is 0.315 e. The highest BCUT2D eigenvalue weighted by Crippen LogP contribution is 2.24. The molecule has 94 valence electrons. The van der Waals surface area contributed by atoms with Gasteiger partial charge in [-0.15, -0.1) is 0 Å². The molecule has 5 heteroatoms. The second kappa shape index (κ2) is 4.33. The number of carbonyl (C=O) groups excluding carboxylic acids is 1. The van der Waals surface area contributed by atoms with Crippen molar-refractivity contribution in [3.63, 3.8) is 0 Å². The fourth-order valence-electron chi connectivity index (χ4n) is 1.98. The van der Waals surface area contributed by atoms with Crippen molar-refractivity contribution >= 4 is 6.29 Å². The van der Waals surface area contributed by atoms with Gasteiger partial charge in [0.15, 0.2) is 17.9 Å². The molecule has 2 rings (SSSR count). The van der Waals surface area contributed by atoms with E-state index in [1.807, 2.05) is 0 Å². The zero-order valence-electron chi connectivity index (χ0n) is 9.80. The second-order valence-corrected chi connectivity index (χ2v) is 4.00. The van der Waals surface area contributed by atoms with Gasteiger partial charge in [-0.2, -0.15) is 0 Å². The molecule has 1 aromatic heterocycles. The number of carbonyl (C=O) groups is 1. The van der Waals surface area contributed by atoms with Crippen molar-refractivity contribution in [3.05, 3.63) is 52.6 Å². The van der Waals surface area contributed by atoms with E-state index < -0.39 is 17.5 Å². The van der Waals surface area contributed by atoms with Gasteiger partial charge in [-0.3, -0.25) is 4.79 Å². The Kier molecular flexibility index (Phi) is 2.98. The molecule has 0 fully saturated rings. The monoisotopic (exact) mass is 253 g/mol. The molecule has 0 aliphatic rings. The lowest BCUT2D eigenvalue weighted by Gasteiger charge is -2.11. The third-order valence-corrected chi connectivity index (χ3v) is 2.81. The normalized spacial score (nSPS) is 10.7. The Morgan fingerprint density at radius 3 is 2.33 bits per heavy atom. The van der Waals surface area contributed by atoms with E-state index in [4.69, 9.17) is 0 Å². The number of hydrogen-bond acceptors (Lipinski definition) is 1. The third kappa shape index (κ3) is 1.81. The van der Waals surface area contributed by atoms with Crippen molar-refractivity contribution in [3.8, 4) is 5.69 Å². The number of aromatic nitrogens is 1. The predicted octanol–water partition coefficient (Wildman–Crippen LogP) is 3.32. The van der Waals surface area contributed by atoms with Crippen LogP contribution in [0, 0.1) is 31.3 Å². The van der Waals surface area contributed by atoms with Crippen LogP contribution >= 0.6 is 0 Å². The fourth-order valence-corrected chi connectivity index (χ4v) is 1.98. The molecule has 0 bridgehead atoms. The molecule has 0 saturated carbocycles. The van der Waals surface area contributed by atoms with Gasteiger partial charge in [0.1, 0.15) is 5.82 Å². The lowest BCUT2D eigenvalue weighted by atomic mass is 10.2. The van der Waals surface area contributed by atoms with Crippen LogP contribution in [-0.4, -0.2) is 10.9 Å². The van der Waals surface area contributed by atoms with Gasteiger partial charge < -0.3 is 4.57 Å². The first kappa shape index (κ1) is 12.4. The molecule has 0 atom stereocenters. The number of hydrogen-bond donors (Lipinski definition) is 0. The van der Waals surface area contributed by atoms with Gasteiger partial charge in [-0.1, -0.05) is 0 Å². The number of nitrogens with zero attached hydrogens (tertiary/aromatic N) is 1. The van der Waals surface area contributed by atoms with Gasteiger partial charge in [0.2, 0.25) is 0 Å². The lowest BCUT2D eigenvalue weighted by molar-refractivity contribution is 0.112. The Labute approximate surface area is 102 Å². The van der Waals surface area contributed by atoms with Gasteiger partial charge in [-0.05, 0) is 19.9 Å². The van der Waals surface area contributed by atoms with Crippen LogP contribution in [-0.2, 0) is 0 Å². The summed E-state index contributed by atoms with van der Waals surface area (Å²) in [5, 5.41) is 0. The number of rotatable bonds is 2. The minimum atomic E-state index is -1.26. The molecule has 2 nitrogen and oxygen atoms in total. The highest BCUT2D eigenvalue weighted by atomic mass is 19.2. The Balaban J connectivity index is 2.77. The maximum atomic E-state index is 13.7. The zero-order valence-corrected chi connectivity index (χ0v) is 9.80. The lowest BCUT2D eigenvalue weighted by Crippen LogP contribution is -2.05. The van der Waals surface area contributed by atoms with Crippen molar-refractivity contribution in [2.24, 2.45) is 0 Å². The summed E-state index contributed by atoms with van der Waals surface area (Å²) in [6.45, 7) is 3.21. The van der Waals surface area contributed by atoms with Crippen LogP contribution in [0.1, 0.15) is 21.7 Å². The highest BCUT2D eigenvalue weighted by Gasteiger charge is 2.17. The molecule has 18 heavy (non-hydrogen) atoms. The van der Waals surface area contributed by atoms with Crippen molar-refractivity contribution in [2.45, 2.75) is 13.8 Å². The molecule has 0 aliphatic carbocycles. The second-order valence-electron chi connectivity index (χ2n) is 4.00. The molecule has 0 aliphatic heterocycles. The number of aryl methyl sites for hydroxylation is 1. The number of benzene rings is 1. The summed E-state index contributed by atoms with van der Waals surface area (Å²) < 4.78 is 41.3. The molecular formula is C13H10F3NO. The summed E-state index contributed by atoms with van der Waals surface area (Å²) in [5.41, 5.74) is 1.08. The minimum absolute atomic E-state index is 0.240. The van der Waals surface area contributed by atoms with E-state index in [1.165, 1.54) is 10.6 Å². The summed E-state index contributed by atoms with van der Waals surface area (Å²) in [7, 11) is 0. The van der Waals surface area contributed by atoms with Gasteiger partial charge in [-0.25, -0.2) is 13.2 Å². The van der Waals surface area contributed by atoms with E-state index in [1.54, 1.807) is 13.8 Å². The molecule has 1 heterocycles. The predicted molar refractivity (Wildman–Crippen MR) is 60.5 cm³/mol. The average molecular weight is 253 g/mol. The van der Waals surface area contributed by atoms with Crippen LogP contribution in [0.15, 0.2) is 18.2 Å². The van der Waals surface area contributed by atoms with Gasteiger partial charge >= 0.3 is 0 Å². The molecule has 0 unspecified atom stereocenters. The first-order valence-corrected chi connectivity index (χ1v) is 5.24. The first-order chi connectivity index (χ1) is 8.45. The number of halogens is 3. The molecule has 2 aromatic rings. The first-order valence-electron chi connectivity index (χ1n) is 5.24. The van der Waals surface area contributed by atoms with Crippen LogP contribution in [0.2, 0.25) is 0 Å². The Hall–Kier alpha value is -2.04. The average Bonchev–Trinajstić information content (AvgIpc) is 2.59. The van der Waals surface area contributed by atoms with Gasteiger partial charge in [0.05, 0.1) is 5.69 Å². The topological polar surface area (TPSA) is 22.0 Å². The minimum Gasteiger partial charge on any atom is -0.315 e. The molecule has 0 spiro atoms. The third-order valence-electron chi connectivity index (χ3n) is 2.81. The van der Waals surface area contributed by atoms with Crippen LogP contribution in [0.3, 0.4) is 0 Å². The molecule has 0 amide bonds. The van der Waals surface area contributed by atoms with Crippen molar-refractivity contribution in [2.75, 3.05) is 0 Å². The van der Waals surface area contributed by atoms with Gasteiger partial charge in [0, 0.05) is 29.1 Å². The molecule has 0 radical (unpaired) electrons. The maximum absolute atomic E-state index is 13.7. The van der Waals surface area contributed by atoms with Crippen LogP contribution < -0.4 is 0 Å². The molecule has 1 aromatic carbocycles. The summed E-state index contributed by atoms with van der Waals surface area (Å²) in [4.78, 5) is 10.8. The van der Waals surface area contributed by atoms with Crippen LogP contribution in [0.5, 0.6) is 0 Å². The van der Waals surface area contributed by atoms with Crippen molar-refractivity contribution in [1.82, 2.24) is 4.57 Å². The summed E-state index contributed by atoms with van der Waals surface area (Å²) in [6, 6.07) is 2.91. The van der Waals surface area contributed by atoms with E-state index >= 15 is 0 Å². The number of aldehydes is 1. The maximum Gasteiger partial charge on any atom is 0.182 e. The van der Waals surface area contributed by atoms with Crippen LogP contribution in [0.4, 0.5) is 13.2 Å². The molecule has 0 N–H and O–H groups in total. The van der Waals surface area contributed by atoms with E-state index in [0.29, 0.717) is 29.3 Å². The van der Waals surface area contributed by atoms with E-state index in [0.717, 1.165) is 6.07 Å². The molecule has 0 saturated heterocycles. The Morgan fingerprint density at radius 2 is 1.78 bits per heavy atom. The smallest absolute Gasteiger partial charge is 0.182 e. The Bertz CT molecular complexity index is 632. The zero-order chi connectivity index (χ0) is 13.4. The van der Waals surface area contributed by atoms with Gasteiger partial charge in [0.25, 0.3) is 0 Å². The van der Waals surface area contributed by atoms with Crippen LogP contribution in [0.25, 0.3) is 5.69 Å². The molecular weight excluding hydrogens is 243 g/mol. The van der Waals surface area contributed by atoms with Crippen molar-refractivity contribution in [1.29, 1.82) is 0 Å². The highest BCUT2D eigenvalue weighted by molar-refractivity contribution is 5.77. The Morgan fingerprint density at radius 1 is 1.11 bits per heavy atom. The van der Waals surface area contributed by atoms with E-state index in [-0.39, 0.29) is 5.69 Å². The van der Waals surface area contributed by atoms with E-state index in [9.17, 15) is 18.0 Å².